The van der Waals surface area contributed by atoms with Crippen molar-refractivity contribution in [1.29, 1.82) is 0 Å². The van der Waals surface area contributed by atoms with E-state index in [2.05, 4.69) is 61.1 Å². The van der Waals surface area contributed by atoms with Gasteiger partial charge in [-0.2, -0.15) is 0 Å². The number of rotatable bonds is 0. The minimum atomic E-state index is 0.302. The summed E-state index contributed by atoms with van der Waals surface area (Å²) in [4.78, 5) is 0. The first-order valence-corrected chi connectivity index (χ1v) is 5.40. The Hall–Kier alpha value is 0.960. The molecule has 1 N–H and O–H groups in total. The van der Waals surface area contributed by atoms with Crippen LogP contribution in [0.5, 0.6) is 5.75 Å². The molecule has 0 spiro atoms. The van der Waals surface area contributed by atoms with E-state index in [-0.39, 0.29) is 0 Å². The molecule has 0 saturated carbocycles. The van der Waals surface area contributed by atoms with Crippen LogP contribution in [0.3, 0.4) is 0 Å². The average Bonchev–Trinajstić information content (AvgIpc) is 1.82. The molecule has 54 valence electrons. The molecule has 0 aliphatic rings. The van der Waals surface area contributed by atoms with Crippen LogP contribution in [0.4, 0.5) is 0 Å². The maximum absolute atomic E-state index is 9.08. The molecule has 0 amide bonds. The molecule has 0 aliphatic carbocycles. The second-order valence-corrected chi connectivity index (χ2v) is 4.82. The lowest BCUT2D eigenvalue weighted by Crippen LogP contribution is -1.79. The van der Waals surface area contributed by atoms with Gasteiger partial charge in [-0.3, -0.25) is 0 Å². The van der Waals surface area contributed by atoms with E-state index in [0.717, 1.165) is 11.6 Å². The lowest BCUT2D eigenvalue weighted by atomic mass is 10.3. The first-order chi connectivity index (χ1) is 4.61. The number of hydrogen-bond acceptors (Lipinski definition) is 1. The van der Waals surface area contributed by atoms with E-state index in [9.17, 15) is 0 Å². The van der Waals surface area contributed by atoms with Crippen LogP contribution in [-0.4, -0.2) is 5.11 Å². The summed E-state index contributed by atoms with van der Waals surface area (Å²) in [6.07, 6.45) is 0. The number of halogens is 3. The molecule has 4 heteroatoms. The summed E-state index contributed by atoms with van der Waals surface area (Å²) < 4.78 is 3.14. The van der Waals surface area contributed by atoms with E-state index in [1.54, 1.807) is 12.1 Å². The van der Waals surface area contributed by atoms with Gasteiger partial charge in [-0.15, -0.1) is 0 Å². The third kappa shape index (κ3) is 1.97. The van der Waals surface area contributed by atoms with Crippen molar-refractivity contribution in [2.45, 2.75) is 0 Å². The zero-order chi connectivity index (χ0) is 7.72. The van der Waals surface area contributed by atoms with Crippen LogP contribution in [0.1, 0.15) is 0 Å². The van der Waals surface area contributed by atoms with Gasteiger partial charge in [0, 0.05) is 11.6 Å². The van der Waals surface area contributed by atoms with Gasteiger partial charge in [-0.25, -0.2) is 0 Å². The molecule has 10 heavy (non-hydrogen) atoms. The van der Waals surface area contributed by atoms with Crippen molar-refractivity contribution in [3.8, 4) is 5.75 Å². The Morgan fingerprint density at radius 3 is 2.40 bits per heavy atom. The van der Waals surface area contributed by atoms with Crippen LogP contribution in [0.2, 0.25) is 0 Å². The molecule has 0 atom stereocenters. The van der Waals surface area contributed by atoms with Gasteiger partial charge in [0.25, 0.3) is 0 Å². The molecule has 0 unspecified atom stereocenters. The fraction of sp³-hybridized carbons (Fsp3) is 0. The number of aromatic hydroxyl groups is 1. The van der Waals surface area contributed by atoms with Crippen molar-refractivity contribution in [2.24, 2.45) is 0 Å². The second-order valence-electron chi connectivity index (χ2n) is 1.72. The molecule has 0 bridgehead atoms. The van der Waals surface area contributed by atoms with E-state index >= 15 is 0 Å². The Kier molecular flexibility index (Phi) is 3.23. The Morgan fingerprint density at radius 1 is 1.30 bits per heavy atom. The summed E-state index contributed by atoms with van der Waals surface area (Å²) in [6.45, 7) is 0. The Labute approximate surface area is 94.6 Å². The van der Waals surface area contributed by atoms with Crippen LogP contribution in [-0.2, 0) is 0 Å². The molecule has 0 aromatic heterocycles. The second kappa shape index (κ2) is 3.57. The SMILES string of the molecule is Oc1cc(Br)c(I)c(I)c1. The standard InChI is InChI=1S/C6H3BrI2O/c7-4-1-3(10)2-5(8)6(4)9/h1-2,10H. The zero-order valence-electron chi connectivity index (χ0n) is 4.74. The molecule has 0 radical (unpaired) electrons. The minimum absolute atomic E-state index is 0.302. The van der Waals surface area contributed by atoms with Crippen LogP contribution in [0.25, 0.3) is 0 Å². The normalized spacial score (nSPS) is 9.90. The van der Waals surface area contributed by atoms with Crippen LogP contribution in [0, 0.1) is 7.14 Å². The van der Waals surface area contributed by atoms with Gasteiger partial charge < -0.3 is 5.11 Å². The van der Waals surface area contributed by atoms with Gasteiger partial charge in [0.2, 0.25) is 0 Å². The van der Waals surface area contributed by atoms with E-state index in [0.29, 0.717) is 5.75 Å². The first-order valence-electron chi connectivity index (χ1n) is 2.45. The smallest absolute Gasteiger partial charge is 0.117 e. The third-order valence-electron chi connectivity index (χ3n) is 0.969. The summed E-state index contributed by atoms with van der Waals surface area (Å²) in [5.41, 5.74) is 0. The van der Waals surface area contributed by atoms with E-state index < -0.39 is 0 Å². The highest BCUT2D eigenvalue weighted by Crippen LogP contribution is 2.28. The van der Waals surface area contributed by atoms with Crippen molar-refractivity contribution >= 4 is 61.1 Å². The van der Waals surface area contributed by atoms with E-state index in [1.807, 2.05) is 0 Å². The molecule has 1 aromatic carbocycles. The van der Waals surface area contributed by atoms with Crippen LogP contribution >= 0.6 is 61.1 Å². The maximum Gasteiger partial charge on any atom is 0.117 e. The van der Waals surface area contributed by atoms with Crippen molar-refractivity contribution in [3.05, 3.63) is 23.7 Å². The molecule has 1 aromatic rings. The lowest BCUT2D eigenvalue weighted by Gasteiger charge is -1.99. The molecular formula is C6H3BrI2O. The fourth-order valence-electron chi connectivity index (χ4n) is 0.542. The predicted molar refractivity (Wildman–Crippen MR) is 61.2 cm³/mol. The van der Waals surface area contributed by atoms with Crippen molar-refractivity contribution in [1.82, 2.24) is 0 Å². The average molecular weight is 425 g/mol. The van der Waals surface area contributed by atoms with Gasteiger partial charge in [-0.1, -0.05) is 0 Å². The van der Waals surface area contributed by atoms with Gasteiger partial charge in [-0.05, 0) is 73.2 Å². The van der Waals surface area contributed by atoms with Gasteiger partial charge in [0.15, 0.2) is 0 Å². The van der Waals surface area contributed by atoms with Crippen LogP contribution in [0.15, 0.2) is 16.6 Å². The highest BCUT2D eigenvalue weighted by Gasteiger charge is 2.02. The molecule has 0 saturated heterocycles. The minimum Gasteiger partial charge on any atom is -0.508 e. The zero-order valence-corrected chi connectivity index (χ0v) is 10.6. The van der Waals surface area contributed by atoms with E-state index in [1.165, 1.54) is 0 Å². The highest BCUT2D eigenvalue weighted by atomic mass is 127. The molecule has 0 fully saturated rings. The lowest BCUT2D eigenvalue weighted by molar-refractivity contribution is 0.474. The first kappa shape index (κ1) is 9.05. The number of phenolic OH excluding ortho intramolecular Hbond substituents is 1. The summed E-state index contributed by atoms with van der Waals surface area (Å²) >= 11 is 7.72. The molecule has 0 aliphatic heterocycles. The van der Waals surface area contributed by atoms with Crippen molar-refractivity contribution in [2.75, 3.05) is 0 Å². The van der Waals surface area contributed by atoms with Gasteiger partial charge in [0.1, 0.15) is 5.75 Å². The number of benzene rings is 1. The molecule has 1 nitrogen and oxygen atoms in total. The molecular weight excluding hydrogens is 422 g/mol. The quantitative estimate of drug-likeness (QED) is 0.500. The topological polar surface area (TPSA) is 20.2 Å². The van der Waals surface area contributed by atoms with E-state index in [4.69, 9.17) is 5.11 Å². The Bertz CT molecular complexity index is 239. The number of hydrogen-bond donors (Lipinski definition) is 1. The summed E-state index contributed by atoms with van der Waals surface area (Å²) in [5.74, 6) is 0.302. The third-order valence-corrected chi connectivity index (χ3v) is 5.38. The maximum atomic E-state index is 9.08. The summed E-state index contributed by atoms with van der Waals surface area (Å²) in [7, 11) is 0. The summed E-state index contributed by atoms with van der Waals surface area (Å²) in [6, 6.07) is 3.41. The highest BCUT2D eigenvalue weighted by molar-refractivity contribution is 14.1. The van der Waals surface area contributed by atoms with Gasteiger partial charge >= 0.3 is 0 Å². The monoisotopic (exact) mass is 424 g/mol. The summed E-state index contributed by atoms with van der Waals surface area (Å²) in [5, 5.41) is 9.08. The van der Waals surface area contributed by atoms with Crippen LogP contribution < -0.4 is 0 Å². The predicted octanol–water partition coefficient (Wildman–Crippen LogP) is 3.36. The van der Waals surface area contributed by atoms with Gasteiger partial charge in [0.05, 0.1) is 0 Å². The molecule has 1 rings (SSSR count). The fourth-order valence-corrected chi connectivity index (χ4v) is 2.28. The van der Waals surface area contributed by atoms with Crippen molar-refractivity contribution < 1.29 is 5.11 Å². The number of phenols is 1. The Morgan fingerprint density at radius 2 is 1.90 bits per heavy atom. The largest absolute Gasteiger partial charge is 0.508 e. The Balaban J connectivity index is 3.31. The molecule has 0 heterocycles. The van der Waals surface area contributed by atoms with Crippen molar-refractivity contribution in [3.63, 3.8) is 0 Å².